The molecule has 0 saturated carbocycles. The van der Waals surface area contributed by atoms with E-state index in [1.54, 1.807) is 11.1 Å². The molecule has 24 heavy (non-hydrogen) atoms. The molecule has 1 aromatic heterocycles. The van der Waals surface area contributed by atoms with Gasteiger partial charge < -0.3 is 4.74 Å². The van der Waals surface area contributed by atoms with Crippen molar-refractivity contribution in [3.05, 3.63) is 66.4 Å². The van der Waals surface area contributed by atoms with Gasteiger partial charge in [0.15, 0.2) is 0 Å². The van der Waals surface area contributed by atoms with Crippen molar-refractivity contribution in [2.75, 3.05) is 11.5 Å². The number of rotatable bonds is 1. The summed E-state index contributed by atoms with van der Waals surface area (Å²) in [6.45, 7) is 4.01. The van der Waals surface area contributed by atoms with Crippen molar-refractivity contribution in [2.45, 2.75) is 19.4 Å². The molecule has 0 bridgehead atoms. The Morgan fingerprint density at radius 1 is 1.08 bits per heavy atom. The first kappa shape index (κ1) is 14.8. The molecular weight excluding hydrogens is 300 g/mol. The van der Waals surface area contributed by atoms with Gasteiger partial charge in [-0.1, -0.05) is 36.4 Å². The van der Waals surface area contributed by atoms with Crippen LogP contribution in [0.15, 0.2) is 60.8 Å². The second-order valence-electron chi connectivity index (χ2n) is 6.43. The Morgan fingerprint density at radius 2 is 1.83 bits per heavy atom. The van der Waals surface area contributed by atoms with Gasteiger partial charge in [0.1, 0.15) is 6.61 Å². The first-order valence-electron chi connectivity index (χ1n) is 7.97. The maximum Gasteiger partial charge on any atom is 0.257 e. The zero-order valence-corrected chi connectivity index (χ0v) is 13.7. The summed E-state index contributed by atoms with van der Waals surface area (Å²) in [4.78, 5) is 19.0. The molecule has 0 unspecified atom stereocenters. The van der Waals surface area contributed by atoms with Crippen LogP contribution in [0.25, 0.3) is 10.9 Å². The highest BCUT2D eigenvalue weighted by Gasteiger charge is 2.34. The van der Waals surface area contributed by atoms with Crippen molar-refractivity contribution in [3.63, 3.8) is 0 Å². The fraction of sp³-hybridized carbons (Fsp3) is 0.200. The van der Waals surface area contributed by atoms with Crippen LogP contribution in [-0.4, -0.2) is 17.5 Å². The number of hydrogen-bond acceptors (Lipinski definition) is 3. The van der Waals surface area contributed by atoms with Crippen molar-refractivity contribution in [1.29, 1.82) is 0 Å². The molecule has 0 atom stereocenters. The number of ether oxygens (including phenoxy) is 1. The van der Waals surface area contributed by atoms with Crippen LogP contribution in [0.5, 0.6) is 0 Å². The molecular formula is C20H18N2O2. The third kappa shape index (κ3) is 2.36. The van der Waals surface area contributed by atoms with Crippen LogP contribution < -0.4 is 4.90 Å². The number of anilines is 2. The van der Waals surface area contributed by atoms with Gasteiger partial charge in [-0.2, -0.15) is 0 Å². The van der Waals surface area contributed by atoms with E-state index in [0.717, 1.165) is 27.8 Å². The van der Waals surface area contributed by atoms with E-state index in [1.165, 1.54) is 0 Å². The number of hydrogen-bond donors (Lipinski definition) is 0. The molecule has 0 aliphatic carbocycles. The summed E-state index contributed by atoms with van der Waals surface area (Å²) in [5.74, 6) is -0.0925. The molecule has 1 amide bonds. The zero-order chi connectivity index (χ0) is 16.7. The summed E-state index contributed by atoms with van der Waals surface area (Å²) >= 11 is 0. The fourth-order valence-electron chi connectivity index (χ4n) is 3.16. The predicted octanol–water partition coefficient (Wildman–Crippen LogP) is 4.16. The van der Waals surface area contributed by atoms with Crippen LogP contribution in [0.3, 0.4) is 0 Å². The van der Waals surface area contributed by atoms with Crippen molar-refractivity contribution in [3.8, 4) is 0 Å². The summed E-state index contributed by atoms with van der Waals surface area (Å²) in [6, 6.07) is 17.8. The molecule has 4 nitrogen and oxygen atoms in total. The second-order valence-corrected chi connectivity index (χ2v) is 6.43. The van der Waals surface area contributed by atoms with Crippen molar-refractivity contribution >= 4 is 28.2 Å². The molecule has 4 heteroatoms. The van der Waals surface area contributed by atoms with E-state index in [0.29, 0.717) is 0 Å². The lowest BCUT2D eigenvalue weighted by Gasteiger charge is -2.26. The molecule has 0 spiro atoms. The summed E-state index contributed by atoms with van der Waals surface area (Å²) in [5.41, 5.74) is 2.98. The maximum absolute atomic E-state index is 12.8. The van der Waals surface area contributed by atoms with Crippen LogP contribution in [-0.2, 0) is 15.1 Å². The van der Waals surface area contributed by atoms with E-state index >= 15 is 0 Å². The Bertz CT molecular complexity index is 934. The van der Waals surface area contributed by atoms with Gasteiger partial charge in [-0.05, 0) is 32.0 Å². The predicted molar refractivity (Wildman–Crippen MR) is 94.3 cm³/mol. The molecule has 1 aliphatic heterocycles. The molecule has 0 saturated heterocycles. The number of fused-ring (bicyclic) bond motifs is 2. The summed E-state index contributed by atoms with van der Waals surface area (Å²) in [5, 5.41) is 1.00. The van der Waals surface area contributed by atoms with Gasteiger partial charge in [0, 0.05) is 10.9 Å². The van der Waals surface area contributed by atoms with E-state index in [-0.39, 0.29) is 12.5 Å². The summed E-state index contributed by atoms with van der Waals surface area (Å²) in [7, 11) is 0. The number of benzene rings is 2. The van der Waals surface area contributed by atoms with Crippen LogP contribution in [0.1, 0.15) is 19.4 Å². The molecule has 120 valence electrons. The number of amides is 1. The van der Waals surface area contributed by atoms with E-state index < -0.39 is 5.60 Å². The molecule has 2 heterocycles. The first-order chi connectivity index (χ1) is 11.6. The monoisotopic (exact) mass is 318 g/mol. The lowest BCUT2D eigenvalue weighted by atomic mass is 9.96. The highest BCUT2D eigenvalue weighted by molar-refractivity contribution is 6.03. The van der Waals surface area contributed by atoms with Crippen molar-refractivity contribution in [1.82, 2.24) is 4.98 Å². The molecule has 0 N–H and O–H groups in total. The van der Waals surface area contributed by atoms with E-state index in [1.807, 2.05) is 68.4 Å². The summed E-state index contributed by atoms with van der Waals surface area (Å²) < 4.78 is 5.86. The van der Waals surface area contributed by atoms with Crippen LogP contribution >= 0.6 is 0 Å². The van der Waals surface area contributed by atoms with Gasteiger partial charge in [-0.3, -0.25) is 14.7 Å². The van der Waals surface area contributed by atoms with Crippen LogP contribution in [0, 0.1) is 0 Å². The lowest BCUT2D eigenvalue weighted by Crippen LogP contribution is -2.28. The minimum absolute atomic E-state index is 0.0362. The highest BCUT2D eigenvalue weighted by atomic mass is 16.5. The number of carbonyl (C=O) groups is 1. The van der Waals surface area contributed by atoms with Gasteiger partial charge >= 0.3 is 0 Å². The Morgan fingerprint density at radius 3 is 2.71 bits per heavy atom. The van der Waals surface area contributed by atoms with E-state index in [4.69, 9.17) is 4.74 Å². The number of pyridine rings is 1. The quantitative estimate of drug-likeness (QED) is 0.676. The number of carbonyl (C=O) groups excluding carboxylic acids is 1. The zero-order valence-electron chi connectivity index (χ0n) is 13.7. The lowest BCUT2D eigenvalue weighted by molar-refractivity contribution is -0.127. The molecule has 4 rings (SSSR count). The van der Waals surface area contributed by atoms with E-state index in [9.17, 15) is 4.79 Å². The average Bonchev–Trinajstić information content (AvgIpc) is 2.70. The number of nitrogens with zero attached hydrogens (tertiary/aromatic N) is 2. The highest BCUT2D eigenvalue weighted by Crippen LogP contribution is 2.39. The topological polar surface area (TPSA) is 42.4 Å². The minimum Gasteiger partial charge on any atom is -0.361 e. The van der Waals surface area contributed by atoms with Gasteiger partial charge in [0.2, 0.25) is 0 Å². The van der Waals surface area contributed by atoms with E-state index in [2.05, 4.69) is 4.98 Å². The van der Waals surface area contributed by atoms with Gasteiger partial charge in [0.05, 0.1) is 28.7 Å². The fourth-order valence-corrected chi connectivity index (χ4v) is 3.16. The maximum atomic E-state index is 12.8. The SMILES string of the molecule is CC1(C)OCC(=O)N(c2cnc3ccccc3c2)c2ccccc21. The normalized spacial score (nSPS) is 16.8. The van der Waals surface area contributed by atoms with Crippen molar-refractivity contribution < 1.29 is 9.53 Å². The molecule has 1 aliphatic rings. The Kier molecular flexibility index (Phi) is 3.36. The Balaban J connectivity index is 1.92. The van der Waals surface area contributed by atoms with Gasteiger partial charge in [0.25, 0.3) is 5.91 Å². The first-order valence-corrected chi connectivity index (χ1v) is 7.97. The molecule has 0 fully saturated rings. The smallest absolute Gasteiger partial charge is 0.257 e. The third-order valence-corrected chi connectivity index (χ3v) is 4.43. The Labute approximate surface area is 140 Å². The second kappa shape index (κ2) is 5.42. The Hall–Kier alpha value is -2.72. The third-order valence-electron chi connectivity index (χ3n) is 4.43. The summed E-state index contributed by atoms with van der Waals surface area (Å²) in [6.07, 6.45) is 1.75. The minimum atomic E-state index is -0.523. The molecule has 3 aromatic rings. The van der Waals surface area contributed by atoms with Crippen LogP contribution in [0.4, 0.5) is 11.4 Å². The molecule has 0 radical (unpaired) electrons. The largest absolute Gasteiger partial charge is 0.361 e. The van der Waals surface area contributed by atoms with Gasteiger partial charge in [-0.15, -0.1) is 0 Å². The average molecular weight is 318 g/mol. The van der Waals surface area contributed by atoms with Crippen molar-refractivity contribution in [2.24, 2.45) is 0 Å². The van der Waals surface area contributed by atoms with Gasteiger partial charge in [-0.25, -0.2) is 0 Å². The van der Waals surface area contributed by atoms with Crippen LogP contribution in [0.2, 0.25) is 0 Å². The molecule has 2 aromatic carbocycles. The standard InChI is InChI=1S/C20H18N2O2/c1-20(2)16-8-4-6-10-18(16)22(19(23)13-24-20)15-11-14-7-3-5-9-17(14)21-12-15/h3-12H,13H2,1-2H3. The number of aromatic nitrogens is 1. The number of para-hydroxylation sites is 2.